The Kier molecular flexibility index (Phi) is 3.91. The van der Waals surface area contributed by atoms with Gasteiger partial charge in [-0.15, -0.1) is 5.92 Å². The predicted octanol–water partition coefficient (Wildman–Crippen LogP) is 3.35. The number of benzene rings is 1. The van der Waals surface area contributed by atoms with E-state index in [1.807, 2.05) is 25.1 Å². The molecule has 0 N–H and O–H groups in total. The van der Waals surface area contributed by atoms with Gasteiger partial charge in [-0.2, -0.15) is 0 Å². The fraction of sp³-hybridized carbons (Fsp3) is 0.250. The van der Waals surface area contributed by atoms with Crippen LogP contribution in [-0.4, -0.2) is 5.78 Å². The van der Waals surface area contributed by atoms with Crippen LogP contribution in [0.3, 0.4) is 0 Å². The molecule has 0 bridgehead atoms. The number of rotatable bonds is 2. The molecular formula is C12H11BrO. The normalized spacial score (nSPS) is 9.07. The molecule has 72 valence electrons. The molecule has 0 aromatic heterocycles. The highest BCUT2D eigenvalue weighted by molar-refractivity contribution is 9.10. The molecule has 1 aromatic carbocycles. The van der Waals surface area contributed by atoms with Gasteiger partial charge in [-0.3, -0.25) is 4.79 Å². The third-order valence-electron chi connectivity index (χ3n) is 1.85. The number of hydrogen-bond donors (Lipinski definition) is 0. The van der Waals surface area contributed by atoms with Crippen LogP contribution in [0.2, 0.25) is 0 Å². The molecule has 0 saturated carbocycles. The Morgan fingerprint density at radius 2 is 2.21 bits per heavy atom. The molecule has 1 aromatic rings. The fourth-order valence-electron chi connectivity index (χ4n) is 1.12. The second-order valence-corrected chi connectivity index (χ2v) is 3.86. The zero-order valence-electron chi connectivity index (χ0n) is 8.23. The van der Waals surface area contributed by atoms with Crippen molar-refractivity contribution in [3.05, 3.63) is 33.8 Å². The van der Waals surface area contributed by atoms with Gasteiger partial charge in [-0.25, -0.2) is 0 Å². The summed E-state index contributed by atoms with van der Waals surface area (Å²) < 4.78 is 0.839. The van der Waals surface area contributed by atoms with Crippen LogP contribution in [-0.2, 0) is 0 Å². The van der Waals surface area contributed by atoms with Gasteiger partial charge < -0.3 is 0 Å². The Morgan fingerprint density at radius 3 is 2.86 bits per heavy atom. The quantitative estimate of drug-likeness (QED) is 0.581. The van der Waals surface area contributed by atoms with E-state index in [9.17, 15) is 4.79 Å². The van der Waals surface area contributed by atoms with Crippen molar-refractivity contribution in [3.8, 4) is 11.8 Å². The lowest BCUT2D eigenvalue weighted by Gasteiger charge is -2.02. The smallest absolute Gasteiger partial charge is 0.175 e. The van der Waals surface area contributed by atoms with Crippen LogP contribution < -0.4 is 0 Å². The number of carbonyl (C=O) groups is 1. The van der Waals surface area contributed by atoms with Gasteiger partial charge in [0.15, 0.2) is 5.78 Å². The largest absolute Gasteiger partial charge is 0.293 e. The van der Waals surface area contributed by atoms with Gasteiger partial charge in [0, 0.05) is 10.0 Å². The van der Waals surface area contributed by atoms with Crippen LogP contribution >= 0.6 is 15.9 Å². The summed E-state index contributed by atoms with van der Waals surface area (Å²) in [6.07, 6.45) is 0.290. The van der Waals surface area contributed by atoms with E-state index in [0.29, 0.717) is 12.0 Å². The minimum Gasteiger partial charge on any atom is -0.293 e. The van der Waals surface area contributed by atoms with Gasteiger partial charge in [0.05, 0.1) is 6.42 Å². The summed E-state index contributed by atoms with van der Waals surface area (Å²) in [5.41, 5.74) is 1.80. The zero-order valence-corrected chi connectivity index (χ0v) is 9.81. The number of halogens is 1. The average molecular weight is 251 g/mol. The molecule has 0 aliphatic carbocycles. The Morgan fingerprint density at radius 1 is 1.50 bits per heavy atom. The monoisotopic (exact) mass is 250 g/mol. The zero-order chi connectivity index (χ0) is 10.6. The van der Waals surface area contributed by atoms with E-state index in [-0.39, 0.29) is 5.78 Å². The third-order valence-corrected chi connectivity index (χ3v) is 2.54. The number of ketones is 1. The van der Waals surface area contributed by atoms with Crippen LogP contribution in [0.15, 0.2) is 22.7 Å². The van der Waals surface area contributed by atoms with Crippen molar-refractivity contribution in [1.82, 2.24) is 0 Å². The highest BCUT2D eigenvalue weighted by Crippen LogP contribution is 2.19. The highest BCUT2D eigenvalue weighted by atomic mass is 79.9. The molecule has 0 saturated heterocycles. The van der Waals surface area contributed by atoms with Crippen molar-refractivity contribution in [2.24, 2.45) is 0 Å². The predicted molar refractivity (Wildman–Crippen MR) is 61.3 cm³/mol. The first kappa shape index (κ1) is 11.0. The molecule has 0 aliphatic heterocycles. The lowest BCUT2D eigenvalue weighted by Crippen LogP contribution is -1.99. The van der Waals surface area contributed by atoms with Gasteiger partial charge >= 0.3 is 0 Å². The van der Waals surface area contributed by atoms with E-state index in [4.69, 9.17) is 0 Å². The van der Waals surface area contributed by atoms with Crippen molar-refractivity contribution < 1.29 is 4.79 Å². The van der Waals surface area contributed by atoms with Gasteiger partial charge in [-0.05, 0) is 26.0 Å². The average Bonchev–Trinajstić information content (AvgIpc) is 2.18. The van der Waals surface area contributed by atoms with Crippen LogP contribution in [0.4, 0.5) is 0 Å². The first-order chi connectivity index (χ1) is 6.65. The second-order valence-electron chi connectivity index (χ2n) is 3.01. The summed E-state index contributed by atoms with van der Waals surface area (Å²) in [6, 6.07) is 5.73. The van der Waals surface area contributed by atoms with E-state index in [1.54, 1.807) is 6.92 Å². The van der Waals surface area contributed by atoms with E-state index < -0.39 is 0 Å². The number of carbonyl (C=O) groups excluding carboxylic acids is 1. The van der Waals surface area contributed by atoms with Crippen molar-refractivity contribution in [2.45, 2.75) is 20.3 Å². The Hall–Kier alpha value is -1.07. The molecule has 0 radical (unpaired) electrons. The first-order valence-electron chi connectivity index (χ1n) is 4.34. The van der Waals surface area contributed by atoms with E-state index >= 15 is 0 Å². The lowest BCUT2D eigenvalue weighted by atomic mass is 10.1. The van der Waals surface area contributed by atoms with E-state index in [0.717, 1.165) is 10.0 Å². The summed E-state index contributed by atoms with van der Waals surface area (Å²) in [5.74, 6) is 5.55. The van der Waals surface area contributed by atoms with E-state index in [1.165, 1.54) is 0 Å². The van der Waals surface area contributed by atoms with Gasteiger partial charge in [0.25, 0.3) is 0 Å². The second kappa shape index (κ2) is 4.97. The third kappa shape index (κ3) is 2.71. The van der Waals surface area contributed by atoms with Crippen LogP contribution in [0.5, 0.6) is 0 Å². The Balaban J connectivity index is 2.98. The summed E-state index contributed by atoms with van der Waals surface area (Å²) in [5, 5.41) is 0. The first-order valence-corrected chi connectivity index (χ1v) is 5.13. The molecule has 1 nitrogen and oxygen atoms in total. The Bertz CT molecular complexity index is 410. The SMILES string of the molecule is CC#CCC(=O)c1cc(C)ccc1Br. The summed E-state index contributed by atoms with van der Waals surface area (Å²) in [6.45, 7) is 3.70. The van der Waals surface area contributed by atoms with Crippen molar-refractivity contribution in [2.75, 3.05) is 0 Å². The molecule has 0 heterocycles. The standard InChI is InChI=1S/C12H11BrO/c1-3-4-5-12(14)10-8-9(2)6-7-11(10)13/h6-8H,5H2,1-2H3. The minimum atomic E-state index is 0.0647. The van der Waals surface area contributed by atoms with Gasteiger partial charge in [0.2, 0.25) is 0 Å². The van der Waals surface area contributed by atoms with E-state index in [2.05, 4.69) is 27.8 Å². The fourth-order valence-corrected chi connectivity index (χ4v) is 1.58. The van der Waals surface area contributed by atoms with Crippen molar-refractivity contribution in [3.63, 3.8) is 0 Å². The minimum absolute atomic E-state index is 0.0647. The molecule has 0 atom stereocenters. The highest BCUT2D eigenvalue weighted by Gasteiger charge is 2.08. The topological polar surface area (TPSA) is 17.1 Å². The molecular weight excluding hydrogens is 240 g/mol. The summed E-state index contributed by atoms with van der Waals surface area (Å²) in [4.78, 5) is 11.6. The molecule has 1 rings (SSSR count). The number of aryl methyl sites for hydroxylation is 1. The number of hydrogen-bond acceptors (Lipinski definition) is 1. The molecule has 0 fully saturated rings. The van der Waals surface area contributed by atoms with Crippen molar-refractivity contribution in [1.29, 1.82) is 0 Å². The van der Waals surface area contributed by atoms with Gasteiger partial charge in [0.1, 0.15) is 0 Å². The number of Topliss-reactive ketones (excluding diaryl/α,β-unsaturated/α-hetero) is 1. The molecule has 0 spiro atoms. The molecule has 0 unspecified atom stereocenters. The molecule has 0 amide bonds. The van der Waals surface area contributed by atoms with Crippen molar-refractivity contribution >= 4 is 21.7 Å². The summed E-state index contributed by atoms with van der Waals surface area (Å²) >= 11 is 3.35. The van der Waals surface area contributed by atoms with Crippen LogP contribution in [0.25, 0.3) is 0 Å². The molecule has 14 heavy (non-hydrogen) atoms. The summed E-state index contributed by atoms with van der Waals surface area (Å²) in [7, 11) is 0. The molecule has 0 aliphatic rings. The molecule has 2 heteroatoms. The van der Waals surface area contributed by atoms with Gasteiger partial charge in [-0.1, -0.05) is 33.5 Å². The Labute approximate surface area is 92.6 Å². The maximum Gasteiger partial charge on any atom is 0.175 e. The lowest BCUT2D eigenvalue weighted by molar-refractivity contribution is 0.0997. The van der Waals surface area contributed by atoms with Crippen LogP contribution in [0, 0.1) is 18.8 Å². The van der Waals surface area contributed by atoms with Crippen LogP contribution in [0.1, 0.15) is 29.3 Å². The maximum atomic E-state index is 11.6. The maximum absolute atomic E-state index is 11.6.